The van der Waals surface area contributed by atoms with E-state index < -0.39 is 22.6 Å². The van der Waals surface area contributed by atoms with Crippen molar-refractivity contribution in [3.8, 4) is 0 Å². The van der Waals surface area contributed by atoms with Crippen molar-refractivity contribution in [3.05, 3.63) is 53.3 Å². The van der Waals surface area contributed by atoms with Gasteiger partial charge in [0.25, 0.3) is 10.0 Å². The van der Waals surface area contributed by atoms with Crippen molar-refractivity contribution in [3.63, 3.8) is 0 Å². The number of rotatable bonds is 7. The zero-order chi connectivity index (χ0) is 21.2. The molecular weight excluding hydrogens is 445 g/mol. The van der Waals surface area contributed by atoms with Crippen LogP contribution in [0.4, 0.5) is 18.2 Å². The van der Waals surface area contributed by atoms with Crippen molar-refractivity contribution < 1.29 is 21.6 Å². The molecule has 0 saturated heterocycles. The summed E-state index contributed by atoms with van der Waals surface area (Å²) in [7, 11) is -4.02. The van der Waals surface area contributed by atoms with Crippen LogP contribution in [0.3, 0.4) is 0 Å². The molecule has 0 amide bonds. The van der Waals surface area contributed by atoms with E-state index in [1.165, 1.54) is 27.8 Å². The molecule has 4 nitrogen and oxygen atoms in total. The summed E-state index contributed by atoms with van der Waals surface area (Å²) < 4.78 is 66.2. The van der Waals surface area contributed by atoms with Crippen molar-refractivity contribution in [1.82, 2.24) is 4.98 Å². The Bertz CT molecular complexity index is 1100. The minimum atomic E-state index is -4.27. The zero-order valence-electron chi connectivity index (χ0n) is 15.4. The largest absolute Gasteiger partial charge is 0.389 e. The number of aryl methyl sites for hydroxylation is 1. The normalized spacial score (nSPS) is 12.4. The second-order valence-electron chi connectivity index (χ2n) is 6.49. The van der Waals surface area contributed by atoms with E-state index in [0.29, 0.717) is 5.00 Å². The number of anilines is 1. The molecule has 156 valence electrons. The quantitative estimate of drug-likeness (QED) is 0.311. The van der Waals surface area contributed by atoms with Crippen LogP contribution in [0.2, 0.25) is 5.15 Å². The second-order valence-corrected chi connectivity index (χ2v) is 9.77. The number of alkyl halides is 3. The minimum Gasteiger partial charge on any atom is -0.257 e. The van der Waals surface area contributed by atoms with E-state index in [2.05, 4.69) is 4.98 Å². The smallest absolute Gasteiger partial charge is 0.257 e. The summed E-state index contributed by atoms with van der Waals surface area (Å²) in [5.41, 5.74) is 0.770. The lowest BCUT2D eigenvalue weighted by molar-refractivity contribution is -0.135. The molecule has 0 spiro atoms. The molecule has 0 unspecified atom stereocenters. The summed E-state index contributed by atoms with van der Waals surface area (Å²) in [5, 5.41) is 1.56. The Hall–Kier alpha value is -1.84. The number of pyridine rings is 1. The van der Waals surface area contributed by atoms with E-state index in [-0.39, 0.29) is 29.4 Å². The maximum absolute atomic E-state index is 13.3. The Balaban J connectivity index is 1.99. The molecule has 3 rings (SSSR count). The standard InChI is InChI=1S/C19H18ClF3N2O2S2/c1-13-15-6-2-3-7-16(15)28-18(13)25(11-5-4-10-19(21,22)23)29(26,27)14-8-9-17(20)24-12-14/h2-3,6-9,12H,4-5,10-11H2,1H3. The number of unbranched alkanes of at least 4 members (excludes halogenated alkanes) is 1. The van der Waals surface area contributed by atoms with Crippen molar-refractivity contribution in [2.24, 2.45) is 0 Å². The summed E-state index contributed by atoms with van der Waals surface area (Å²) in [5.74, 6) is 0. The van der Waals surface area contributed by atoms with Crippen LogP contribution in [-0.4, -0.2) is 26.1 Å². The highest BCUT2D eigenvalue weighted by atomic mass is 35.5. The third kappa shape index (κ3) is 5.02. The molecule has 0 N–H and O–H groups in total. The molecule has 0 saturated carbocycles. The van der Waals surface area contributed by atoms with E-state index >= 15 is 0 Å². The second kappa shape index (κ2) is 8.49. The van der Waals surface area contributed by atoms with Crippen molar-refractivity contribution >= 4 is 48.0 Å². The van der Waals surface area contributed by atoms with E-state index in [1.54, 1.807) is 0 Å². The maximum atomic E-state index is 13.3. The topological polar surface area (TPSA) is 50.3 Å². The molecule has 3 aromatic rings. The molecule has 1 aromatic carbocycles. The minimum absolute atomic E-state index is 0.0606. The van der Waals surface area contributed by atoms with E-state index in [9.17, 15) is 21.6 Å². The van der Waals surface area contributed by atoms with Gasteiger partial charge in [0.05, 0.1) is 0 Å². The van der Waals surface area contributed by atoms with Gasteiger partial charge in [-0.1, -0.05) is 29.8 Å². The highest BCUT2D eigenvalue weighted by molar-refractivity contribution is 7.93. The highest BCUT2D eigenvalue weighted by Gasteiger charge is 2.30. The molecule has 10 heteroatoms. The van der Waals surface area contributed by atoms with Gasteiger partial charge in [-0.3, -0.25) is 4.31 Å². The first-order valence-corrected chi connectivity index (χ1v) is 11.4. The van der Waals surface area contributed by atoms with Gasteiger partial charge in [0.1, 0.15) is 15.0 Å². The lowest BCUT2D eigenvalue weighted by atomic mass is 10.2. The average Bonchev–Trinajstić information content (AvgIpc) is 2.97. The molecule has 0 aliphatic carbocycles. The van der Waals surface area contributed by atoms with Crippen molar-refractivity contribution in [1.29, 1.82) is 0 Å². The van der Waals surface area contributed by atoms with Crippen molar-refractivity contribution in [2.75, 3.05) is 10.8 Å². The molecule has 0 radical (unpaired) electrons. The summed E-state index contributed by atoms with van der Waals surface area (Å²) in [4.78, 5) is 3.77. The van der Waals surface area contributed by atoms with Crippen LogP contribution < -0.4 is 4.31 Å². The van der Waals surface area contributed by atoms with Gasteiger partial charge in [-0.05, 0) is 48.9 Å². The lowest BCUT2D eigenvalue weighted by Crippen LogP contribution is -2.32. The first-order chi connectivity index (χ1) is 13.6. The van der Waals surface area contributed by atoms with E-state index in [4.69, 9.17) is 11.6 Å². The number of hydrogen-bond donors (Lipinski definition) is 0. The van der Waals surface area contributed by atoms with Crippen LogP contribution in [0.15, 0.2) is 47.5 Å². The number of halogens is 4. The Morgan fingerprint density at radius 3 is 2.48 bits per heavy atom. The molecule has 0 bridgehead atoms. The Morgan fingerprint density at radius 2 is 1.86 bits per heavy atom. The summed E-state index contributed by atoms with van der Waals surface area (Å²) in [6.45, 7) is 1.75. The third-order valence-corrected chi connectivity index (χ3v) is 7.82. The van der Waals surface area contributed by atoms with Crippen LogP contribution in [0.1, 0.15) is 24.8 Å². The molecule has 0 fully saturated rings. The third-order valence-electron chi connectivity index (χ3n) is 4.40. The number of fused-ring (bicyclic) bond motifs is 1. The number of hydrogen-bond acceptors (Lipinski definition) is 4. The van der Waals surface area contributed by atoms with Crippen LogP contribution in [-0.2, 0) is 10.0 Å². The molecule has 2 aromatic heterocycles. The first-order valence-electron chi connectivity index (χ1n) is 8.79. The summed E-state index contributed by atoms with van der Waals surface area (Å²) in [6.07, 6.45) is -4.14. The van der Waals surface area contributed by atoms with Crippen LogP contribution in [0.5, 0.6) is 0 Å². The monoisotopic (exact) mass is 462 g/mol. The number of sulfonamides is 1. The number of aromatic nitrogens is 1. The van der Waals surface area contributed by atoms with Gasteiger partial charge < -0.3 is 0 Å². The molecule has 0 aliphatic rings. The Kier molecular flexibility index (Phi) is 6.40. The number of benzene rings is 1. The molecule has 0 atom stereocenters. The number of thiophene rings is 1. The first kappa shape index (κ1) is 21.9. The van der Waals surface area contributed by atoms with Gasteiger partial charge in [0, 0.05) is 23.9 Å². The zero-order valence-corrected chi connectivity index (χ0v) is 17.8. The fourth-order valence-electron chi connectivity index (χ4n) is 2.95. The fraction of sp³-hybridized carbons (Fsp3) is 0.316. The highest BCUT2D eigenvalue weighted by Crippen LogP contribution is 2.40. The van der Waals surface area contributed by atoms with E-state index in [1.807, 2.05) is 31.2 Å². The molecule has 2 heterocycles. The van der Waals surface area contributed by atoms with Gasteiger partial charge in [0.15, 0.2) is 0 Å². The predicted molar refractivity (Wildman–Crippen MR) is 110 cm³/mol. The predicted octanol–water partition coefficient (Wildman–Crippen LogP) is 6.19. The van der Waals surface area contributed by atoms with Gasteiger partial charge in [0.2, 0.25) is 0 Å². The summed E-state index contributed by atoms with van der Waals surface area (Å²) >= 11 is 7.06. The van der Waals surface area contributed by atoms with Gasteiger partial charge in [-0.2, -0.15) is 13.2 Å². The van der Waals surface area contributed by atoms with Gasteiger partial charge in [-0.15, -0.1) is 11.3 Å². The number of nitrogens with zero attached hydrogens (tertiary/aromatic N) is 2. The lowest BCUT2D eigenvalue weighted by Gasteiger charge is -2.24. The van der Waals surface area contributed by atoms with Gasteiger partial charge in [-0.25, -0.2) is 13.4 Å². The summed E-state index contributed by atoms with van der Waals surface area (Å²) in [6, 6.07) is 10.2. The van der Waals surface area contributed by atoms with E-state index in [0.717, 1.165) is 21.8 Å². The van der Waals surface area contributed by atoms with Crippen LogP contribution in [0, 0.1) is 6.92 Å². The van der Waals surface area contributed by atoms with Crippen molar-refractivity contribution in [2.45, 2.75) is 37.3 Å². The van der Waals surface area contributed by atoms with Crippen LogP contribution >= 0.6 is 22.9 Å². The van der Waals surface area contributed by atoms with Gasteiger partial charge >= 0.3 is 6.18 Å². The van der Waals surface area contributed by atoms with Crippen LogP contribution in [0.25, 0.3) is 10.1 Å². The molecular formula is C19H18ClF3N2O2S2. The maximum Gasteiger partial charge on any atom is 0.389 e. The average molecular weight is 463 g/mol. The Labute approximate surface area is 176 Å². The Morgan fingerprint density at radius 1 is 1.14 bits per heavy atom. The molecule has 29 heavy (non-hydrogen) atoms. The SMILES string of the molecule is Cc1c(N(CCCCC(F)(F)F)S(=O)(=O)c2ccc(Cl)nc2)sc2ccccc12. The fourth-order valence-corrected chi connectivity index (χ4v) is 6.02. The molecule has 0 aliphatic heterocycles.